The fraction of sp³-hybridized carbons (Fsp3) is 0.429. The largest absolute Gasteiger partial charge is 0.481 e. The Morgan fingerprint density at radius 3 is 2.68 bits per heavy atom. The van der Waals surface area contributed by atoms with Gasteiger partial charge in [0.2, 0.25) is 5.91 Å². The van der Waals surface area contributed by atoms with E-state index in [0.29, 0.717) is 19.3 Å². The molecule has 102 valence electrons. The second kappa shape index (κ2) is 5.38. The average Bonchev–Trinajstić information content (AvgIpc) is 2.83. The predicted molar refractivity (Wildman–Crippen MR) is 68.2 cm³/mol. The standard InChI is InChI=1S/C14H16FNO3/c1-8-5-6-11(15)12(7-8)16-13(17)9-3-2-4-10(9)14(18)19/h5-7,9-10H,2-4H2,1H3,(H,16,17)(H,18,19)/t9-,10+/m1/s1. The van der Waals surface area contributed by atoms with Gasteiger partial charge in [0, 0.05) is 0 Å². The zero-order valence-electron chi connectivity index (χ0n) is 10.6. The van der Waals surface area contributed by atoms with Crippen LogP contribution in [0.4, 0.5) is 10.1 Å². The highest BCUT2D eigenvalue weighted by atomic mass is 19.1. The lowest BCUT2D eigenvalue weighted by Gasteiger charge is -2.16. The van der Waals surface area contributed by atoms with Gasteiger partial charge >= 0.3 is 5.97 Å². The van der Waals surface area contributed by atoms with E-state index in [9.17, 15) is 14.0 Å². The molecule has 0 aliphatic heterocycles. The van der Waals surface area contributed by atoms with Crippen molar-refractivity contribution in [3.05, 3.63) is 29.6 Å². The number of hydrogen-bond donors (Lipinski definition) is 2. The number of amides is 1. The van der Waals surface area contributed by atoms with Gasteiger partial charge in [-0.05, 0) is 37.5 Å². The number of aryl methyl sites for hydroxylation is 1. The molecule has 1 fully saturated rings. The Balaban J connectivity index is 2.12. The van der Waals surface area contributed by atoms with E-state index in [1.165, 1.54) is 12.1 Å². The highest BCUT2D eigenvalue weighted by Crippen LogP contribution is 2.33. The quantitative estimate of drug-likeness (QED) is 0.882. The van der Waals surface area contributed by atoms with Crippen molar-refractivity contribution in [2.24, 2.45) is 11.8 Å². The molecule has 1 amide bonds. The number of carbonyl (C=O) groups is 2. The first kappa shape index (κ1) is 13.5. The van der Waals surface area contributed by atoms with Crippen LogP contribution in [0.15, 0.2) is 18.2 Å². The van der Waals surface area contributed by atoms with Crippen molar-refractivity contribution < 1.29 is 19.1 Å². The molecule has 0 unspecified atom stereocenters. The van der Waals surface area contributed by atoms with E-state index in [1.807, 2.05) is 0 Å². The first-order chi connectivity index (χ1) is 8.99. The Morgan fingerprint density at radius 2 is 2.00 bits per heavy atom. The molecule has 19 heavy (non-hydrogen) atoms. The van der Waals surface area contributed by atoms with Crippen molar-refractivity contribution in [2.75, 3.05) is 5.32 Å². The molecule has 2 N–H and O–H groups in total. The van der Waals surface area contributed by atoms with Gasteiger partial charge in [-0.25, -0.2) is 4.39 Å². The lowest BCUT2D eigenvalue weighted by atomic mass is 9.95. The number of benzene rings is 1. The van der Waals surface area contributed by atoms with Crippen molar-refractivity contribution in [2.45, 2.75) is 26.2 Å². The van der Waals surface area contributed by atoms with Crippen LogP contribution in [-0.4, -0.2) is 17.0 Å². The van der Waals surface area contributed by atoms with Gasteiger partial charge in [0.15, 0.2) is 0 Å². The number of nitrogens with one attached hydrogen (secondary N) is 1. The second-order valence-electron chi connectivity index (χ2n) is 4.95. The van der Waals surface area contributed by atoms with Crippen LogP contribution >= 0.6 is 0 Å². The molecule has 2 atom stereocenters. The van der Waals surface area contributed by atoms with Crippen molar-refractivity contribution in [1.29, 1.82) is 0 Å². The third-order valence-electron chi connectivity index (χ3n) is 3.55. The first-order valence-electron chi connectivity index (χ1n) is 6.29. The Hall–Kier alpha value is -1.91. The molecular formula is C14H16FNO3. The van der Waals surface area contributed by atoms with Gasteiger partial charge in [-0.15, -0.1) is 0 Å². The maximum absolute atomic E-state index is 13.5. The predicted octanol–water partition coefficient (Wildman–Crippen LogP) is 2.57. The third kappa shape index (κ3) is 2.92. The third-order valence-corrected chi connectivity index (χ3v) is 3.55. The molecule has 1 aliphatic carbocycles. The molecule has 2 rings (SSSR count). The normalized spacial score (nSPS) is 22.2. The van der Waals surface area contributed by atoms with Crippen LogP contribution < -0.4 is 5.32 Å². The monoisotopic (exact) mass is 265 g/mol. The zero-order valence-corrected chi connectivity index (χ0v) is 10.6. The summed E-state index contributed by atoms with van der Waals surface area (Å²) in [5.41, 5.74) is 0.943. The van der Waals surface area contributed by atoms with Crippen LogP contribution in [0.2, 0.25) is 0 Å². The summed E-state index contributed by atoms with van der Waals surface area (Å²) in [5, 5.41) is 11.5. The van der Waals surface area contributed by atoms with Crippen LogP contribution in [0.3, 0.4) is 0 Å². The fourth-order valence-corrected chi connectivity index (χ4v) is 2.53. The second-order valence-corrected chi connectivity index (χ2v) is 4.95. The molecule has 1 aromatic rings. The molecule has 1 saturated carbocycles. The summed E-state index contributed by atoms with van der Waals surface area (Å²) in [4.78, 5) is 23.1. The maximum Gasteiger partial charge on any atom is 0.307 e. The fourth-order valence-electron chi connectivity index (χ4n) is 2.53. The van der Waals surface area contributed by atoms with Gasteiger partial charge in [-0.2, -0.15) is 0 Å². The van der Waals surface area contributed by atoms with Crippen molar-refractivity contribution in [1.82, 2.24) is 0 Å². The van der Waals surface area contributed by atoms with Gasteiger partial charge in [0.25, 0.3) is 0 Å². The molecule has 0 radical (unpaired) electrons. The Morgan fingerprint density at radius 1 is 1.32 bits per heavy atom. The Labute approximate surface area is 110 Å². The van der Waals surface area contributed by atoms with Gasteiger partial charge < -0.3 is 10.4 Å². The van der Waals surface area contributed by atoms with Gasteiger partial charge in [0.1, 0.15) is 5.82 Å². The molecule has 0 heterocycles. The first-order valence-corrected chi connectivity index (χ1v) is 6.29. The highest BCUT2D eigenvalue weighted by Gasteiger charge is 2.37. The zero-order chi connectivity index (χ0) is 14.0. The molecule has 1 aromatic carbocycles. The Bertz CT molecular complexity index is 515. The van der Waals surface area contributed by atoms with Crippen LogP contribution in [0, 0.1) is 24.6 Å². The molecule has 0 bridgehead atoms. The minimum Gasteiger partial charge on any atom is -0.481 e. The number of aliphatic carboxylic acids is 1. The highest BCUT2D eigenvalue weighted by molar-refractivity contribution is 5.95. The lowest BCUT2D eigenvalue weighted by Crippen LogP contribution is -2.30. The van der Waals surface area contributed by atoms with Crippen LogP contribution in [0.5, 0.6) is 0 Å². The molecule has 0 spiro atoms. The Kier molecular flexibility index (Phi) is 3.83. The summed E-state index contributed by atoms with van der Waals surface area (Å²) >= 11 is 0. The molecule has 1 aliphatic rings. The molecule has 4 nitrogen and oxygen atoms in total. The summed E-state index contributed by atoms with van der Waals surface area (Å²) in [5.74, 6) is -3.11. The minimum absolute atomic E-state index is 0.112. The number of hydrogen-bond acceptors (Lipinski definition) is 2. The van der Waals surface area contributed by atoms with Crippen LogP contribution in [0.1, 0.15) is 24.8 Å². The lowest BCUT2D eigenvalue weighted by molar-refractivity contribution is -0.145. The number of carbonyl (C=O) groups excluding carboxylic acids is 1. The van der Waals surface area contributed by atoms with Gasteiger partial charge in [-0.3, -0.25) is 9.59 Å². The summed E-state index contributed by atoms with van der Waals surface area (Å²) in [6, 6.07) is 4.44. The van der Waals surface area contributed by atoms with Crippen molar-refractivity contribution in [3.8, 4) is 0 Å². The van der Waals surface area contributed by atoms with E-state index < -0.39 is 29.5 Å². The van der Waals surface area contributed by atoms with Gasteiger partial charge in [-0.1, -0.05) is 12.5 Å². The van der Waals surface area contributed by atoms with Crippen molar-refractivity contribution in [3.63, 3.8) is 0 Å². The summed E-state index contributed by atoms with van der Waals surface area (Å²) in [6.07, 6.45) is 1.76. The smallest absolute Gasteiger partial charge is 0.307 e. The van der Waals surface area contributed by atoms with E-state index in [1.54, 1.807) is 13.0 Å². The molecule has 0 aromatic heterocycles. The molecule has 5 heteroatoms. The van der Waals surface area contributed by atoms with Crippen molar-refractivity contribution >= 4 is 17.6 Å². The van der Waals surface area contributed by atoms with E-state index in [4.69, 9.17) is 5.11 Å². The maximum atomic E-state index is 13.5. The van der Waals surface area contributed by atoms with Crippen LogP contribution in [0.25, 0.3) is 0 Å². The summed E-state index contributed by atoms with van der Waals surface area (Å²) < 4.78 is 13.5. The molecule has 0 saturated heterocycles. The van der Waals surface area contributed by atoms with Gasteiger partial charge in [0.05, 0.1) is 17.5 Å². The van der Waals surface area contributed by atoms with E-state index in [0.717, 1.165) is 5.56 Å². The van der Waals surface area contributed by atoms with E-state index >= 15 is 0 Å². The number of carboxylic acids is 1. The number of halogens is 1. The van der Waals surface area contributed by atoms with E-state index in [2.05, 4.69) is 5.32 Å². The van der Waals surface area contributed by atoms with Crippen LogP contribution in [-0.2, 0) is 9.59 Å². The summed E-state index contributed by atoms with van der Waals surface area (Å²) in [7, 11) is 0. The number of anilines is 1. The average molecular weight is 265 g/mol. The molecular weight excluding hydrogens is 249 g/mol. The SMILES string of the molecule is Cc1ccc(F)c(NC(=O)[C@@H]2CCC[C@@H]2C(=O)O)c1. The number of rotatable bonds is 3. The summed E-state index contributed by atoms with van der Waals surface area (Å²) in [6.45, 7) is 1.80. The number of carboxylic acid groups (broad SMARTS) is 1. The van der Waals surface area contributed by atoms with E-state index in [-0.39, 0.29) is 5.69 Å². The topological polar surface area (TPSA) is 66.4 Å². The minimum atomic E-state index is -0.956.